The van der Waals surface area contributed by atoms with Gasteiger partial charge in [-0.05, 0) is 82.3 Å². The first-order valence-corrected chi connectivity index (χ1v) is 15.6. The zero-order valence-electron chi connectivity index (χ0n) is 15.6. The second-order valence-electron chi connectivity index (χ2n) is 6.32. The third-order valence-corrected chi connectivity index (χ3v) is 10.5. The summed E-state index contributed by atoms with van der Waals surface area (Å²) in [5, 5.41) is 0. The third kappa shape index (κ3) is 5.27. The summed E-state index contributed by atoms with van der Waals surface area (Å²) in [5.74, 6) is 0. The van der Waals surface area contributed by atoms with Gasteiger partial charge in [-0.3, -0.25) is 18.2 Å². The topological polar surface area (TPSA) is 217 Å². The molecule has 0 spiro atoms. The Bertz CT molecular complexity index is 1470. The van der Waals surface area contributed by atoms with E-state index in [9.17, 15) is 51.9 Å². The van der Waals surface area contributed by atoms with E-state index < -0.39 is 71.2 Å². The molecule has 0 fully saturated rings. The number of benzene rings is 2. The van der Waals surface area contributed by atoms with Crippen LogP contribution in [0.5, 0.6) is 0 Å². The predicted molar refractivity (Wildman–Crippen MR) is 126 cm³/mol. The van der Waals surface area contributed by atoms with Crippen LogP contribution >= 0.6 is 45.2 Å². The van der Waals surface area contributed by atoms with E-state index in [1.54, 1.807) is 0 Å². The molecule has 2 rings (SSSR count). The van der Waals surface area contributed by atoms with E-state index in [1.165, 1.54) is 59.0 Å². The van der Waals surface area contributed by atoms with Crippen molar-refractivity contribution in [1.82, 2.24) is 0 Å². The van der Waals surface area contributed by atoms with Gasteiger partial charge in [0.25, 0.3) is 40.5 Å². The molecule has 0 unspecified atom stereocenters. The molecular weight excluding hydrogens is 742 g/mol. The average molecular weight is 754 g/mol. The molecule has 0 atom stereocenters. The molecule has 2 aromatic carbocycles. The predicted octanol–water partition coefficient (Wildman–Crippen LogP) is 2.17. The van der Waals surface area contributed by atoms with Gasteiger partial charge in [0.1, 0.15) is 19.6 Å². The molecule has 0 aliphatic carbocycles. The molecule has 0 aliphatic rings. The van der Waals surface area contributed by atoms with Crippen LogP contribution in [0.2, 0.25) is 0 Å². The van der Waals surface area contributed by atoms with Gasteiger partial charge in [0.05, 0.1) is 0 Å². The minimum Gasteiger partial charge on any atom is -0.282 e. The molecular formula is C14H12I2O12S4. The van der Waals surface area contributed by atoms with Gasteiger partial charge in [0.15, 0.2) is 0 Å². The zero-order valence-corrected chi connectivity index (χ0v) is 23.2. The smallest absolute Gasteiger partial charge is 0.282 e. The summed E-state index contributed by atoms with van der Waals surface area (Å²) >= 11 is 2.70. The first-order chi connectivity index (χ1) is 14.1. The van der Waals surface area contributed by atoms with Crippen LogP contribution in [0.25, 0.3) is 11.1 Å². The fraction of sp³-hybridized carbons (Fsp3) is 0.143. The summed E-state index contributed by atoms with van der Waals surface area (Å²) in [6.07, 6.45) is 0. The highest BCUT2D eigenvalue weighted by atomic mass is 127. The Morgan fingerprint density at radius 3 is 0.938 bits per heavy atom. The Kier molecular flexibility index (Phi) is 7.50. The highest BCUT2D eigenvalue weighted by Crippen LogP contribution is 2.45. The van der Waals surface area contributed by atoms with Crippen molar-refractivity contribution in [3.05, 3.63) is 30.4 Å². The van der Waals surface area contributed by atoms with Gasteiger partial charge in [-0.15, -0.1) is 0 Å². The monoisotopic (exact) mass is 754 g/mol. The summed E-state index contributed by atoms with van der Waals surface area (Å²) in [6, 6.07) is 2.04. The summed E-state index contributed by atoms with van der Waals surface area (Å²) in [5.41, 5.74) is -2.01. The van der Waals surface area contributed by atoms with Gasteiger partial charge < -0.3 is 0 Å². The second kappa shape index (κ2) is 8.64. The largest absolute Gasteiger partial charge is 0.297 e. The van der Waals surface area contributed by atoms with Gasteiger partial charge in [-0.25, -0.2) is 0 Å². The van der Waals surface area contributed by atoms with Crippen molar-refractivity contribution in [3.8, 4) is 11.1 Å². The minimum atomic E-state index is -5.51. The average Bonchev–Trinajstić information content (AvgIpc) is 2.50. The molecule has 0 heterocycles. The maximum absolute atomic E-state index is 12.2. The van der Waals surface area contributed by atoms with E-state index in [2.05, 4.69) is 0 Å². The highest BCUT2D eigenvalue weighted by Gasteiger charge is 2.38. The van der Waals surface area contributed by atoms with Crippen molar-refractivity contribution in [2.45, 2.75) is 33.4 Å². The van der Waals surface area contributed by atoms with Gasteiger partial charge in [0, 0.05) is 18.3 Å². The van der Waals surface area contributed by atoms with Crippen LogP contribution in [0, 0.1) is 21.0 Å². The Hall–Kier alpha value is -0.460. The SMILES string of the molecule is Cc1cc(I)c(S(=O)(=O)O)c(S(=O)(=O)O)c1-c1c(C)cc(I)c(S(=O)(=O)O)c1S(=O)(=O)O. The van der Waals surface area contributed by atoms with E-state index in [0.29, 0.717) is 0 Å². The lowest BCUT2D eigenvalue weighted by Gasteiger charge is -2.21. The lowest BCUT2D eigenvalue weighted by Crippen LogP contribution is -2.17. The Morgan fingerprint density at radius 1 is 0.531 bits per heavy atom. The van der Waals surface area contributed by atoms with Gasteiger partial charge in [-0.2, -0.15) is 33.7 Å². The number of halogens is 2. The molecule has 178 valence electrons. The Balaban J connectivity index is 3.50. The van der Waals surface area contributed by atoms with Gasteiger partial charge >= 0.3 is 0 Å². The maximum atomic E-state index is 12.2. The summed E-state index contributed by atoms with van der Waals surface area (Å²) in [6.45, 7) is 2.36. The van der Waals surface area contributed by atoms with Crippen molar-refractivity contribution in [2.24, 2.45) is 0 Å². The van der Waals surface area contributed by atoms with Crippen LogP contribution in [0.3, 0.4) is 0 Å². The maximum Gasteiger partial charge on any atom is 0.297 e. The van der Waals surface area contributed by atoms with Gasteiger partial charge in [0.2, 0.25) is 0 Å². The molecule has 0 radical (unpaired) electrons. The molecule has 4 N–H and O–H groups in total. The zero-order chi connectivity index (χ0) is 25.2. The van der Waals surface area contributed by atoms with E-state index in [4.69, 9.17) is 0 Å². The quantitative estimate of drug-likeness (QED) is 0.255. The standard InChI is InChI=1S/C14H12I2O12S4/c1-5-3-7(15)11(29(17,18)19)13(31(23,24)25)9(5)10-6(2)4-8(16)12(30(20,21)22)14(10)32(26,27)28/h3-4H,1-2H3,(H,17,18,19)(H,20,21,22)(H,23,24,25)(H,26,27,28). The molecule has 12 nitrogen and oxygen atoms in total. The van der Waals surface area contributed by atoms with Crippen LogP contribution < -0.4 is 0 Å². The van der Waals surface area contributed by atoms with Crippen LogP contribution in [0.4, 0.5) is 0 Å². The first kappa shape index (κ1) is 27.8. The van der Waals surface area contributed by atoms with E-state index in [0.717, 1.165) is 12.1 Å². The highest BCUT2D eigenvalue weighted by molar-refractivity contribution is 14.1. The van der Waals surface area contributed by atoms with Crippen molar-refractivity contribution >= 4 is 85.7 Å². The summed E-state index contributed by atoms with van der Waals surface area (Å²) < 4.78 is 135. The normalized spacial score (nSPS) is 13.4. The van der Waals surface area contributed by atoms with Crippen molar-refractivity contribution in [2.75, 3.05) is 0 Å². The third-order valence-electron chi connectivity index (χ3n) is 4.06. The van der Waals surface area contributed by atoms with E-state index >= 15 is 0 Å². The lowest BCUT2D eigenvalue weighted by atomic mass is 9.96. The minimum absolute atomic E-state index is 0.176. The number of hydrogen-bond acceptors (Lipinski definition) is 8. The molecule has 18 heteroatoms. The second-order valence-corrected chi connectivity index (χ2v) is 14.1. The van der Waals surface area contributed by atoms with Crippen molar-refractivity contribution in [1.29, 1.82) is 0 Å². The first-order valence-electron chi connectivity index (χ1n) is 7.66. The summed E-state index contributed by atoms with van der Waals surface area (Å²) in [4.78, 5) is -5.48. The number of hydrogen-bond donors (Lipinski definition) is 4. The Morgan fingerprint density at radius 2 is 0.750 bits per heavy atom. The van der Waals surface area contributed by atoms with Crippen molar-refractivity contribution in [3.63, 3.8) is 0 Å². The van der Waals surface area contributed by atoms with Crippen LogP contribution in [0.15, 0.2) is 31.7 Å². The summed E-state index contributed by atoms with van der Waals surface area (Å²) in [7, 11) is -21.7. The van der Waals surface area contributed by atoms with Crippen LogP contribution in [0.1, 0.15) is 11.1 Å². The van der Waals surface area contributed by atoms with E-state index in [-0.39, 0.29) is 18.3 Å². The molecule has 0 saturated carbocycles. The molecule has 0 aromatic heterocycles. The van der Waals surface area contributed by atoms with Gasteiger partial charge in [-0.1, -0.05) is 0 Å². The number of aryl methyl sites for hydroxylation is 2. The van der Waals surface area contributed by atoms with Crippen molar-refractivity contribution < 1.29 is 51.9 Å². The fourth-order valence-corrected chi connectivity index (χ4v) is 10.8. The fourth-order valence-electron chi connectivity index (χ4n) is 3.05. The lowest BCUT2D eigenvalue weighted by molar-refractivity contribution is 0.464. The molecule has 0 bridgehead atoms. The molecule has 32 heavy (non-hydrogen) atoms. The van der Waals surface area contributed by atoms with E-state index in [1.807, 2.05) is 0 Å². The molecule has 0 aliphatic heterocycles. The van der Waals surface area contributed by atoms with Crippen LogP contribution in [-0.2, 0) is 40.5 Å². The molecule has 0 saturated heterocycles. The number of rotatable bonds is 5. The molecule has 2 aromatic rings. The molecule has 0 amide bonds. The Labute approximate surface area is 210 Å². The van der Waals surface area contributed by atoms with Crippen LogP contribution in [-0.4, -0.2) is 51.9 Å².